The zero-order valence-corrected chi connectivity index (χ0v) is 8.37. The SMILES string of the molecule is CCC1CCC(C(=CO)CO)CC1. The molecule has 0 atom stereocenters. The van der Waals surface area contributed by atoms with Gasteiger partial charge in [-0.05, 0) is 43.1 Å². The average Bonchev–Trinajstić information content (AvgIpc) is 2.21. The fourth-order valence-electron chi connectivity index (χ4n) is 2.22. The van der Waals surface area contributed by atoms with Gasteiger partial charge in [-0.25, -0.2) is 0 Å². The predicted molar refractivity (Wildman–Crippen MR) is 53.5 cm³/mol. The van der Waals surface area contributed by atoms with E-state index in [2.05, 4.69) is 6.92 Å². The van der Waals surface area contributed by atoms with Crippen LogP contribution in [-0.4, -0.2) is 16.8 Å². The van der Waals surface area contributed by atoms with Crippen LogP contribution >= 0.6 is 0 Å². The van der Waals surface area contributed by atoms with Crippen molar-refractivity contribution in [1.29, 1.82) is 0 Å². The third-order valence-electron chi connectivity index (χ3n) is 3.30. The minimum atomic E-state index is 0.0119. The Balaban J connectivity index is 2.40. The van der Waals surface area contributed by atoms with Crippen LogP contribution in [0.1, 0.15) is 39.0 Å². The van der Waals surface area contributed by atoms with E-state index in [0.29, 0.717) is 5.92 Å². The molecule has 0 unspecified atom stereocenters. The Morgan fingerprint density at radius 3 is 2.31 bits per heavy atom. The highest BCUT2D eigenvalue weighted by Crippen LogP contribution is 2.34. The summed E-state index contributed by atoms with van der Waals surface area (Å²) in [6.45, 7) is 2.25. The summed E-state index contributed by atoms with van der Waals surface area (Å²) in [4.78, 5) is 0. The van der Waals surface area contributed by atoms with Crippen LogP contribution in [0.2, 0.25) is 0 Å². The van der Waals surface area contributed by atoms with Crippen molar-refractivity contribution < 1.29 is 10.2 Å². The Bertz CT molecular complexity index is 167. The largest absolute Gasteiger partial charge is 0.516 e. The lowest BCUT2D eigenvalue weighted by atomic mass is 9.78. The molecule has 0 aromatic heterocycles. The van der Waals surface area contributed by atoms with E-state index < -0.39 is 0 Å². The van der Waals surface area contributed by atoms with E-state index in [1.54, 1.807) is 0 Å². The molecule has 0 amide bonds. The van der Waals surface area contributed by atoms with Crippen molar-refractivity contribution in [3.05, 3.63) is 11.8 Å². The van der Waals surface area contributed by atoms with E-state index in [4.69, 9.17) is 10.2 Å². The first-order valence-corrected chi connectivity index (χ1v) is 5.25. The van der Waals surface area contributed by atoms with Crippen LogP contribution in [0.5, 0.6) is 0 Å². The van der Waals surface area contributed by atoms with Crippen LogP contribution in [0.4, 0.5) is 0 Å². The van der Waals surface area contributed by atoms with E-state index in [0.717, 1.165) is 30.6 Å². The maximum Gasteiger partial charge on any atom is 0.0809 e. The molecule has 0 saturated heterocycles. The molecular formula is C11H20O2. The molecule has 76 valence electrons. The average molecular weight is 184 g/mol. The second-order valence-electron chi connectivity index (χ2n) is 3.99. The van der Waals surface area contributed by atoms with Gasteiger partial charge in [0.1, 0.15) is 0 Å². The summed E-state index contributed by atoms with van der Waals surface area (Å²) >= 11 is 0. The maximum absolute atomic E-state index is 8.97. The molecule has 1 aliphatic rings. The summed E-state index contributed by atoms with van der Waals surface area (Å²) in [5, 5.41) is 17.9. The maximum atomic E-state index is 8.97. The summed E-state index contributed by atoms with van der Waals surface area (Å²) in [5.41, 5.74) is 0.814. The molecule has 1 rings (SSSR count). The van der Waals surface area contributed by atoms with Crippen LogP contribution in [-0.2, 0) is 0 Å². The highest BCUT2D eigenvalue weighted by Gasteiger charge is 2.22. The molecule has 0 aliphatic heterocycles. The van der Waals surface area contributed by atoms with Crippen LogP contribution < -0.4 is 0 Å². The van der Waals surface area contributed by atoms with Gasteiger partial charge in [0.25, 0.3) is 0 Å². The molecule has 2 N–H and O–H groups in total. The standard InChI is InChI=1S/C11H20O2/c1-2-9-3-5-10(6-4-9)11(7-12)8-13/h7,9-10,12-13H,2-6,8H2,1H3. The van der Waals surface area contributed by atoms with Crippen LogP contribution in [0.15, 0.2) is 11.8 Å². The highest BCUT2D eigenvalue weighted by atomic mass is 16.3. The molecule has 0 bridgehead atoms. The molecule has 0 spiro atoms. The highest BCUT2D eigenvalue weighted by molar-refractivity contribution is 5.04. The first-order valence-electron chi connectivity index (χ1n) is 5.25. The molecule has 1 saturated carbocycles. The third-order valence-corrected chi connectivity index (χ3v) is 3.30. The number of aliphatic hydroxyl groups is 2. The molecular weight excluding hydrogens is 164 g/mol. The van der Waals surface area contributed by atoms with E-state index in [1.165, 1.54) is 19.3 Å². The first kappa shape index (κ1) is 10.6. The van der Waals surface area contributed by atoms with Gasteiger partial charge in [0.2, 0.25) is 0 Å². The van der Waals surface area contributed by atoms with Gasteiger partial charge in [-0.3, -0.25) is 0 Å². The fourth-order valence-corrected chi connectivity index (χ4v) is 2.22. The first-order chi connectivity index (χ1) is 6.31. The van der Waals surface area contributed by atoms with Crippen molar-refractivity contribution in [2.24, 2.45) is 11.8 Å². The third kappa shape index (κ3) is 2.73. The Hall–Kier alpha value is -0.500. The smallest absolute Gasteiger partial charge is 0.0809 e. The van der Waals surface area contributed by atoms with Crippen molar-refractivity contribution in [3.63, 3.8) is 0 Å². The van der Waals surface area contributed by atoms with Crippen LogP contribution in [0, 0.1) is 11.8 Å². The van der Waals surface area contributed by atoms with Gasteiger partial charge < -0.3 is 10.2 Å². The Kier molecular flexibility index (Phi) is 4.29. The number of hydrogen-bond donors (Lipinski definition) is 2. The van der Waals surface area contributed by atoms with Gasteiger partial charge in [-0.2, -0.15) is 0 Å². The van der Waals surface area contributed by atoms with Gasteiger partial charge >= 0.3 is 0 Å². The quantitative estimate of drug-likeness (QED) is 0.662. The summed E-state index contributed by atoms with van der Waals surface area (Å²) in [7, 11) is 0. The lowest BCUT2D eigenvalue weighted by Crippen LogP contribution is -2.17. The Labute approximate surface area is 80.3 Å². The topological polar surface area (TPSA) is 40.5 Å². The zero-order valence-electron chi connectivity index (χ0n) is 8.37. The second-order valence-corrected chi connectivity index (χ2v) is 3.99. The molecule has 1 aliphatic carbocycles. The summed E-state index contributed by atoms with van der Waals surface area (Å²) < 4.78 is 0. The number of rotatable bonds is 3. The van der Waals surface area contributed by atoms with Gasteiger partial charge in [-0.15, -0.1) is 0 Å². The van der Waals surface area contributed by atoms with Crippen LogP contribution in [0.3, 0.4) is 0 Å². The lowest BCUT2D eigenvalue weighted by Gasteiger charge is -2.28. The van der Waals surface area contributed by atoms with Crippen molar-refractivity contribution >= 4 is 0 Å². The van der Waals surface area contributed by atoms with Crippen molar-refractivity contribution in [2.75, 3.05) is 6.61 Å². The second kappa shape index (κ2) is 5.28. The van der Waals surface area contributed by atoms with Crippen molar-refractivity contribution in [2.45, 2.75) is 39.0 Å². The van der Waals surface area contributed by atoms with E-state index in [9.17, 15) is 0 Å². The Morgan fingerprint density at radius 2 is 1.92 bits per heavy atom. The molecule has 1 fully saturated rings. The fraction of sp³-hybridized carbons (Fsp3) is 0.818. The minimum absolute atomic E-state index is 0.0119. The minimum Gasteiger partial charge on any atom is -0.516 e. The molecule has 13 heavy (non-hydrogen) atoms. The van der Waals surface area contributed by atoms with Gasteiger partial charge in [-0.1, -0.05) is 13.3 Å². The summed E-state index contributed by atoms with van der Waals surface area (Å²) in [5.74, 6) is 1.30. The zero-order chi connectivity index (χ0) is 9.68. The van der Waals surface area contributed by atoms with Crippen LogP contribution in [0.25, 0.3) is 0 Å². The molecule has 2 nitrogen and oxygen atoms in total. The van der Waals surface area contributed by atoms with Crippen molar-refractivity contribution in [1.82, 2.24) is 0 Å². The summed E-state index contributed by atoms with van der Waals surface area (Å²) in [6.07, 6.45) is 7.12. The normalized spacial score (nSPS) is 30.5. The van der Waals surface area contributed by atoms with Gasteiger partial charge in [0.15, 0.2) is 0 Å². The lowest BCUT2D eigenvalue weighted by molar-refractivity contribution is 0.251. The summed E-state index contributed by atoms with van der Waals surface area (Å²) in [6, 6.07) is 0. The monoisotopic (exact) mass is 184 g/mol. The van der Waals surface area contributed by atoms with E-state index in [-0.39, 0.29) is 6.61 Å². The number of hydrogen-bond acceptors (Lipinski definition) is 2. The van der Waals surface area contributed by atoms with Gasteiger partial charge in [0.05, 0.1) is 12.9 Å². The van der Waals surface area contributed by atoms with E-state index >= 15 is 0 Å². The predicted octanol–water partition coefficient (Wildman–Crippen LogP) is 2.64. The van der Waals surface area contributed by atoms with E-state index in [1.807, 2.05) is 0 Å². The molecule has 0 radical (unpaired) electrons. The molecule has 2 heteroatoms. The molecule has 0 aromatic carbocycles. The Morgan fingerprint density at radius 1 is 1.31 bits per heavy atom. The van der Waals surface area contributed by atoms with Gasteiger partial charge in [0, 0.05) is 0 Å². The molecule has 0 heterocycles. The van der Waals surface area contributed by atoms with Crippen molar-refractivity contribution in [3.8, 4) is 0 Å². The number of aliphatic hydroxyl groups excluding tert-OH is 2. The molecule has 0 aromatic rings.